The minimum Gasteiger partial charge on any atom is -0.497 e. The molecule has 3 aromatic rings. The lowest BCUT2D eigenvalue weighted by atomic mass is 10.2. The summed E-state index contributed by atoms with van der Waals surface area (Å²) in [5.74, 6) is 0.586. The summed E-state index contributed by atoms with van der Waals surface area (Å²) >= 11 is 0. The van der Waals surface area contributed by atoms with Crippen LogP contribution in [0.3, 0.4) is 0 Å². The van der Waals surface area contributed by atoms with Crippen molar-refractivity contribution in [2.24, 2.45) is 0 Å². The van der Waals surface area contributed by atoms with Crippen molar-refractivity contribution in [2.45, 2.75) is 4.90 Å². The van der Waals surface area contributed by atoms with E-state index in [4.69, 9.17) is 4.74 Å². The number of benzene rings is 2. The van der Waals surface area contributed by atoms with Crippen molar-refractivity contribution in [2.75, 3.05) is 7.11 Å². The third-order valence-electron chi connectivity index (χ3n) is 3.15. The molecule has 0 atom stereocenters. The van der Waals surface area contributed by atoms with Gasteiger partial charge in [0.15, 0.2) is 0 Å². The monoisotopic (exact) mass is 315 g/mol. The first-order valence-corrected chi connectivity index (χ1v) is 7.92. The van der Waals surface area contributed by atoms with Crippen LogP contribution in [0.15, 0.2) is 65.7 Å². The minimum atomic E-state index is -3.76. The average Bonchev–Trinajstić information content (AvgIpc) is 3.06. The van der Waals surface area contributed by atoms with E-state index in [1.807, 2.05) is 30.3 Å². The molecule has 0 saturated carbocycles. The lowest BCUT2D eigenvalue weighted by Gasteiger charge is -2.04. The van der Waals surface area contributed by atoms with Crippen LogP contribution in [-0.4, -0.2) is 29.9 Å². The molecule has 22 heavy (non-hydrogen) atoms. The highest BCUT2D eigenvalue weighted by atomic mass is 32.2. The standard InChI is InChI=1S/C15H13N3O3S/c1-21-13-7-9-14(10-8-13)22(19,20)18-11-15(16-17-18)12-5-3-2-4-6-12/h2-11H,1H3. The average molecular weight is 315 g/mol. The van der Waals surface area contributed by atoms with Crippen LogP contribution in [0, 0.1) is 0 Å². The summed E-state index contributed by atoms with van der Waals surface area (Å²) < 4.78 is 30.9. The summed E-state index contributed by atoms with van der Waals surface area (Å²) in [5.41, 5.74) is 1.30. The summed E-state index contributed by atoms with van der Waals surface area (Å²) in [4.78, 5) is 0.123. The molecule has 1 heterocycles. The molecule has 0 unspecified atom stereocenters. The van der Waals surface area contributed by atoms with Gasteiger partial charge in [-0.3, -0.25) is 0 Å². The topological polar surface area (TPSA) is 74.1 Å². The smallest absolute Gasteiger partial charge is 0.284 e. The predicted molar refractivity (Wildman–Crippen MR) is 81.0 cm³/mol. The minimum absolute atomic E-state index is 0.123. The Labute approximate surface area is 128 Å². The van der Waals surface area contributed by atoms with Gasteiger partial charge in [-0.25, -0.2) is 0 Å². The maximum Gasteiger partial charge on any atom is 0.284 e. The van der Waals surface area contributed by atoms with Gasteiger partial charge in [0.05, 0.1) is 18.2 Å². The first kappa shape index (κ1) is 14.3. The van der Waals surface area contributed by atoms with Gasteiger partial charge in [-0.05, 0) is 24.3 Å². The van der Waals surface area contributed by atoms with Crippen molar-refractivity contribution in [3.63, 3.8) is 0 Å². The Hall–Kier alpha value is -2.67. The molecule has 0 saturated heterocycles. The highest BCUT2D eigenvalue weighted by Gasteiger charge is 2.19. The molecule has 0 N–H and O–H groups in total. The summed E-state index contributed by atoms with van der Waals surface area (Å²) in [6, 6.07) is 15.4. The van der Waals surface area contributed by atoms with Crippen LogP contribution in [0.25, 0.3) is 11.3 Å². The van der Waals surface area contributed by atoms with Crippen LogP contribution in [0.1, 0.15) is 0 Å². The molecule has 1 aromatic heterocycles. The zero-order chi connectivity index (χ0) is 15.6. The quantitative estimate of drug-likeness (QED) is 0.738. The zero-order valence-corrected chi connectivity index (χ0v) is 12.6. The van der Waals surface area contributed by atoms with Gasteiger partial charge in [0, 0.05) is 5.56 Å². The highest BCUT2D eigenvalue weighted by Crippen LogP contribution is 2.20. The lowest BCUT2D eigenvalue weighted by Crippen LogP contribution is -2.13. The van der Waals surface area contributed by atoms with Crippen molar-refractivity contribution in [1.82, 2.24) is 14.4 Å². The van der Waals surface area contributed by atoms with Crippen LogP contribution < -0.4 is 4.74 Å². The van der Waals surface area contributed by atoms with Gasteiger partial charge in [0.1, 0.15) is 11.4 Å². The largest absolute Gasteiger partial charge is 0.497 e. The van der Waals surface area contributed by atoms with Crippen LogP contribution in [0.2, 0.25) is 0 Å². The zero-order valence-electron chi connectivity index (χ0n) is 11.7. The van der Waals surface area contributed by atoms with Crippen LogP contribution in [-0.2, 0) is 10.0 Å². The van der Waals surface area contributed by atoms with E-state index in [-0.39, 0.29) is 4.90 Å². The molecule has 0 aliphatic rings. The SMILES string of the molecule is COc1ccc(S(=O)(=O)n2cc(-c3ccccc3)nn2)cc1. The van der Waals surface area contributed by atoms with E-state index in [2.05, 4.69) is 10.3 Å². The Bertz CT molecular complexity index is 872. The third kappa shape index (κ3) is 2.58. The van der Waals surface area contributed by atoms with Gasteiger partial charge in [-0.2, -0.15) is 8.42 Å². The molecular weight excluding hydrogens is 302 g/mol. The predicted octanol–water partition coefficient (Wildman–Crippen LogP) is 2.19. The van der Waals surface area contributed by atoms with Gasteiger partial charge in [0.2, 0.25) is 0 Å². The van der Waals surface area contributed by atoms with Crippen molar-refractivity contribution in [3.8, 4) is 17.0 Å². The Morgan fingerprint density at radius 2 is 1.68 bits per heavy atom. The molecular formula is C15H13N3O3S. The molecule has 2 aromatic carbocycles. The fraction of sp³-hybridized carbons (Fsp3) is 0.0667. The van der Waals surface area contributed by atoms with Gasteiger partial charge >= 0.3 is 0 Å². The van der Waals surface area contributed by atoms with E-state index in [0.717, 1.165) is 9.65 Å². The second-order valence-electron chi connectivity index (χ2n) is 4.52. The van der Waals surface area contributed by atoms with Crippen LogP contribution >= 0.6 is 0 Å². The summed E-state index contributed by atoms with van der Waals surface area (Å²) in [7, 11) is -2.24. The number of aromatic nitrogens is 3. The molecule has 0 spiro atoms. The van der Waals surface area contributed by atoms with Crippen molar-refractivity contribution in [3.05, 3.63) is 60.8 Å². The summed E-state index contributed by atoms with van der Waals surface area (Å²) in [5, 5.41) is 7.65. The van der Waals surface area contributed by atoms with Crippen molar-refractivity contribution < 1.29 is 13.2 Å². The molecule has 0 aliphatic heterocycles. The lowest BCUT2D eigenvalue weighted by molar-refractivity contribution is 0.414. The molecule has 0 radical (unpaired) electrons. The molecule has 0 amide bonds. The van der Waals surface area contributed by atoms with Crippen LogP contribution in [0.5, 0.6) is 5.75 Å². The van der Waals surface area contributed by atoms with Crippen LogP contribution in [0.4, 0.5) is 0 Å². The van der Waals surface area contributed by atoms with Gasteiger partial charge in [0.25, 0.3) is 10.0 Å². The number of hydrogen-bond acceptors (Lipinski definition) is 5. The van der Waals surface area contributed by atoms with Crippen molar-refractivity contribution in [1.29, 1.82) is 0 Å². The van der Waals surface area contributed by atoms with E-state index in [1.54, 1.807) is 12.1 Å². The number of nitrogens with zero attached hydrogens (tertiary/aromatic N) is 3. The summed E-state index contributed by atoms with van der Waals surface area (Å²) in [6.45, 7) is 0. The Balaban J connectivity index is 1.97. The van der Waals surface area contributed by atoms with Gasteiger partial charge in [-0.1, -0.05) is 35.5 Å². The Morgan fingerprint density at radius 3 is 2.32 bits per heavy atom. The normalized spacial score (nSPS) is 11.3. The van der Waals surface area contributed by atoms with Gasteiger partial charge in [-0.15, -0.1) is 9.19 Å². The highest BCUT2D eigenvalue weighted by molar-refractivity contribution is 7.89. The summed E-state index contributed by atoms with van der Waals surface area (Å²) in [6.07, 6.45) is 1.40. The van der Waals surface area contributed by atoms with Gasteiger partial charge < -0.3 is 4.74 Å². The van der Waals surface area contributed by atoms with E-state index in [0.29, 0.717) is 11.4 Å². The molecule has 0 fully saturated rings. The molecule has 0 aliphatic carbocycles. The maximum absolute atomic E-state index is 12.5. The van der Waals surface area contributed by atoms with E-state index < -0.39 is 10.0 Å². The number of methoxy groups -OCH3 is 1. The number of ether oxygens (including phenoxy) is 1. The van der Waals surface area contributed by atoms with E-state index >= 15 is 0 Å². The molecule has 6 nitrogen and oxygen atoms in total. The second kappa shape index (κ2) is 5.61. The van der Waals surface area contributed by atoms with E-state index in [9.17, 15) is 8.42 Å². The number of rotatable bonds is 4. The number of hydrogen-bond donors (Lipinski definition) is 0. The second-order valence-corrected chi connectivity index (χ2v) is 6.32. The first-order chi connectivity index (χ1) is 10.6. The Kier molecular flexibility index (Phi) is 3.64. The molecule has 7 heteroatoms. The molecule has 112 valence electrons. The Morgan fingerprint density at radius 1 is 1.00 bits per heavy atom. The third-order valence-corrected chi connectivity index (χ3v) is 4.69. The molecule has 3 rings (SSSR count). The molecule has 0 bridgehead atoms. The fourth-order valence-corrected chi connectivity index (χ4v) is 3.03. The van der Waals surface area contributed by atoms with E-state index in [1.165, 1.54) is 25.4 Å². The first-order valence-electron chi connectivity index (χ1n) is 6.48. The fourth-order valence-electron chi connectivity index (χ4n) is 1.96. The maximum atomic E-state index is 12.5. The van der Waals surface area contributed by atoms with Crippen molar-refractivity contribution >= 4 is 10.0 Å².